The van der Waals surface area contributed by atoms with Gasteiger partial charge in [-0.1, -0.05) is 17.7 Å². The van der Waals surface area contributed by atoms with Crippen LogP contribution in [0.15, 0.2) is 18.2 Å². The molecule has 1 N–H and O–H groups in total. The molecular formula is C15H19ClFN5O2S. The lowest BCUT2D eigenvalue weighted by Gasteiger charge is -2.26. The van der Waals surface area contributed by atoms with Crippen LogP contribution in [0.5, 0.6) is 0 Å². The lowest BCUT2D eigenvalue weighted by atomic mass is 10.1. The van der Waals surface area contributed by atoms with Gasteiger partial charge in [-0.3, -0.25) is 0 Å². The summed E-state index contributed by atoms with van der Waals surface area (Å²) in [7, 11) is -2.47. The van der Waals surface area contributed by atoms with Crippen molar-refractivity contribution in [1.29, 1.82) is 0 Å². The van der Waals surface area contributed by atoms with Gasteiger partial charge in [-0.25, -0.2) is 14.1 Å². The highest BCUT2D eigenvalue weighted by Crippen LogP contribution is 2.25. The minimum atomic E-state index is -3.85. The summed E-state index contributed by atoms with van der Waals surface area (Å²) in [6.07, 6.45) is 1.43. The van der Waals surface area contributed by atoms with E-state index in [0.29, 0.717) is 18.1 Å². The van der Waals surface area contributed by atoms with Crippen molar-refractivity contribution in [2.45, 2.75) is 38.9 Å². The van der Waals surface area contributed by atoms with Crippen LogP contribution >= 0.6 is 11.6 Å². The van der Waals surface area contributed by atoms with Crippen LogP contribution in [0.2, 0.25) is 5.02 Å². The van der Waals surface area contributed by atoms with Crippen LogP contribution in [0.3, 0.4) is 0 Å². The highest BCUT2D eigenvalue weighted by atomic mass is 35.5. The lowest BCUT2D eigenvalue weighted by Crippen LogP contribution is -2.41. The van der Waals surface area contributed by atoms with E-state index in [1.165, 1.54) is 25.2 Å². The Hall–Kier alpha value is -1.55. The molecule has 0 saturated heterocycles. The van der Waals surface area contributed by atoms with Crippen LogP contribution in [0.25, 0.3) is 0 Å². The highest BCUT2D eigenvalue weighted by Gasteiger charge is 2.30. The molecule has 10 heteroatoms. The van der Waals surface area contributed by atoms with Gasteiger partial charge >= 0.3 is 0 Å². The molecule has 1 atom stereocenters. The predicted octanol–water partition coefficient (Wildman–Crippen LogP) is 2.18. The summed E-state index contributed by atoms with van der Waals surface area (Å²) < 4.78 is 44.6. The first-order valence-electron chi connectivity index (χ1n) is 7.86. The molecule has 25 heavy (non-hydrogen) atoms. The van der Waals surface area contributed by atoms with E-state index in [1.807, 2.05) is 0 Å². The number of aromatic nitrogens is 3. The zero-order chi connectivity index (χ0) is 18.2. The van der Waals surface area contributed by atoms with Gasteiger partial charge in [-0.15, -0.1) is 0 Å². The number of hydrogen-bond acceptors (Lipinski definition) is 4. The Bertz CT molecular complexity index is 866. The Morgan fingerprint density at radius 2 is 2.24 bits per heavy atom. The Kier molecular flexibility index (Phi) is 5.10. The van der Waals surface area contributed by atoms with Crippen molar-refractivity contribution in [3.05, 3.63) is 46.3 Å². The van der Waals surface area contributed by atoms with Gasteiger partial charge in [0.15, 0.2) is 0 Å². The maximum Gasteiger partial charge on any atom is 0.280 e. The number of benzene rings is 1. The molecule has 2 heterocycles. The van der Waals surface area contributed by atoms with Crippen molar-refractivity contribution in [1.82, 2.24) is 23.8 Å². The van der Waals surface area contributed by atoms with Gasteiger partial charge in [0.2, 0.25) is 0 Å². The smallest absolute Gasteiger partial charge is 0.248 e. The zero-order valence-electron chi connectivity index (χ0n) is 13.9. The molecule has 1 aromatic carbocycles. The summed E-state index contributed by atoms with van der Waals surface area (Å²) in [5.74, 6) is 0.667. The minimum Gasteiger partial charge on any atom is -0.248 e. The first-order valence-corrected chi connectivity index (χ1v) is 9.67. The summed E-state index contributed by atoms with van der Waals surface area (Å²) in [5.41, 5.74) is 0.139. The van der Waals surface area contributed by atoms with Gasteiger partial charge in [0, 0.05) is 30.7 Å². The first kappa shape index (κ1) is 18.2. The van der Waals surface area contributed by atoms with E-state index in [-0.39, 0.29) is 17.1 Å². The fourth-order valence-corrected chi connectivity index (χ4v) is 4.13. The van der Waals surface area contributed by atoms with Crippen molar-refractivity contribution < 1.29 is 12.8 Å². The fourth-order valence-electron chi connectivity index (χ4n) is 2.84. The third kappa shape index (κ3) is 3.84. The molecule has 0 amide bonds. The zero-order valence-corrected chi connectivity index (χ0v) is 15.5. The quantitative estimate of drug-likeness (QED) is 0.852. The molecule has 0 radical (unpaired) electrons. The monoisotopic (exact) mass is 387 g/mol. The molecule has 2 aromatic rings. The molecule has 1 aliphatic rings. The summed E-state index contributed by atoms with van der Waals surface area (Å²) >= 11 is 5.98. The average molecular weight is 388 g/mol. The standard InChI is InChI=1S/C15H19ClFN5O2S/c1-10-18-15-14(7-4-8-22(15)19-10)20-25(23,24)21(2)9-11-12(16)5-3-6-13(11)17/h3,5-6,14,20H,4,7-9H2,1-2H3/t14-/m1/s1. The molecule has 0 spiro atoms. The van der Waals surface area contributed by atoms with E-state index < -0.39 is 22.1 Å². The molecule has 0 saturated carbocycles. The normalized spacial score (nSPS) is 17.7. The third-order valence-corrected chi connectivity index (χ3v) is 6.01. The Labute approximate surface area is 151 Å². The first-order chi connectivity index (χ1) is 11.8. The molecule has 1 aliphatic heterocycles. The highest BCUT2D eigenvalue weighted by molar-refractivity contribution is 7.87. The van der Waals surface area contributed by atoms with E-state index >= 15 is 0 Å². The second-order valence-electron chi connectivity index (χ2n) is 6.01. The van der Waals surface area contributed by atoms with Gasteiger partial charge in [0.1, 0.15) is 17.5 Å². The number of rotatable bonds is 5. The Balaban J connectivity index is 1.78. The van der Waals surface area contributed by atoms with Crippen molar-refractivity contribution >= 4 is 21.8 Å². The number of nitrogens with zero attached hydrogens (tertiary/aromatic N) is 4. The number of nitrogens with one attached hydrogen (secondary N) is 1. The van der Waals surface area contributed by atoms with Crippen molar-refractivity contribution in [2.24, 2.45) is 0 Å². The van der Waals surface area contributed by atoms with Gasteiger partial charge in [-0.2, -0.15) is 22.5 Å². The third-order valence-electron chi connectivity index (χ3n) is 4.12. The molecule has 1 aromatic heterocycles. The molecule has 136 valence electrons. The Morgan fingerprint density at radius 1 is 1.48 bits per heavy atom. The number of aryl methyl sites for hydroxylation is 2. The average Bonchev–Trinajstić information content (AvgIpc) is 2.92. The molecular weight excluding hydrogens is 369 g/mol. The maximum atomic E-state index is 13.9. The van der Waals surface area contributed by atoms with Crippen molar-refractivity contribution in [2.75, 3.05) is 7.05 Å². The largest absolute Gasteiger partial charge is 0.280 e. The molecule has 0 fully saturated rings. The molecule has 7 nitrogen and oxygen atoms in total. The lowest BCUT2D eigenvalue weighted by molar-refractivity contribution is 0.382. The van der Waals surface area contributed by atoms with E-state index in [0.717, 1.165) is 17.3 Å². The van der Waals surface area contributed by atoms with Crippen molar-refractivity contribution in [3.63, 3.8) is 0 Å². The van der Waals surface area contributed by atoms with Crippen LogP contribution in [0.4, 0.5) is 4.39 Å². The molecule has 0 aliphatic carbocycles. The van der Waals surface area contributed by atoms with E-state index in [1.54, 1.807) is 11.6 Å². The topological polar surface area (TPSA) is 80.1 Å². The van der Waals surface area contributed by atoms with Gasteiger partial charge in [-0.05, 0) is 31.9 Å². The summed E-state index contributed by atoms with van der Waals surface area (Å²) in [6, 6.07) is 3.80. The van der Waals surface area contributed by atoms with E-state index in [9.17, 15) is 12.8 Å². The SMILES string of the molecule is Cc1nc2n(n1)CCC[C@H]2NS(=O)(=O)N(C)Cc1c(F)cccc1Cl. The maximum absolute atomic E-state index is 13.9. The van der Waals surface area contributed by atoms with Crippen LogP contribution in [0, 0.1) is 12.7 Å². The second-order valence-corrected chi connectivity index (χ2v) is 8.23. The molecule has 3 rings (SSSR count). The van der Waals surface area contributed by atoms with Crippen LogP contribution in [0.1, 0.15) is 36.1 Å². The fraction of sp³-hybridized carbons (Fsp3) is 0.467. The molecule has 0 unspecified atom stereocenters. The van der Waals surface area contributed by atoms with E-state index in [4.69, 9.17) is 11.6 Å². The van der Waals surface area contributed by atoms with Crippen LogP contribution < -0.4 is 4.72 Å². The van der Waals surface area contributed by atoms with Gasteiger partial charge in [0.25, 0.3) is 10.2 Å². The second kappa shape index (κ2) is 6.99. The van der Waals surface area contributed by atoms with Gasteiger partial charge in [0.05, 0.1) is 6.04 Å². The van der Waals surface area contributed by atoms with Crippen molar-refractivity contribution in [3.8, 4) is 0 Å². The predicted molar refractivity (Wildman–Crippen MR) is 91.7 cm³/mol. The summed E-state index contributed by atoms with van der Waals surface area (Å²) in [4.78, 5) is 4.31. The van der Waals surface area contributed by atoms with E-state index in [2.05, 4.69) is 14.8 Å². The number of fused-ring (bicyclic) bond motifs is 1. The Morgan fingerprint density at radius 3 is 2.96 bits per heavy atom. The van der Waals surface area contributed by atoms with Crippen LogP contribution in [-0.2, 0) is 23.3 Å². The number of hydrogen-bond donors (Lipinski definition) is 1. The van der Waals surface area contributed by atoms with Crippen LogP contribution in [-0.4, -0.2) is 34.5 Å². The van der Waals surface area contributed by atoms with Gasteiger partial charge < -0.3 is 0 Å². The summed E-state index contributed by atoms with van der Waals surface area (Å²) in [5, 5.41) is 4.45. The summed E-state index contributed by atoms with van der Waals surface area (Å²) in [6.45, 7) is 2.32. The molecule has 0 bridgehead atoms. The minimum absolute atomic E-state index is 0.139. The number of halogens is 2.